The van der Waals surface area contributed by atoms with Crippen LogP contribution < -0.4 is 5.32 Å². The summed E-state index contributed by atoms with van der Waals surface area (Å²) < 4.78 is 30.0. The molecule has 0 radical (unpaired) electrons. The molecule has 1 fully saturated rings. The van der Waals surface area contributed by atoms with Crippen molar-refractivity contribution in [2.24, 2.45) is 0 Å². The average Bonchev–Trinajstić information content (AvgIpc) is 2.83. The number of rotatable bonds is 5. The van der Waals surface area contributed by atoms with Crippen LogP contribution in [0.25, 0.3) is 0 Å². The van der Waals surface area contributed by atoms with Gasteiger partial charge in [0.05, 0.1) is 8.81 Å². The molecule has 1 aliphatic heterocycles. The summed E-state index contributed by atoms with van der Waals surface area (Å²) in [6.45, 7) is 0.672. The molecule has 5 nitrogen and oxygen atoms in total. The molecule has 0 saturated carbocycles. The molecule has 1 aliphatic rings. The zero-order valence-electron chi connectivity index (χ0n) is 14.1. The Morgan fingerprint density at radius 2 is 1.93 bits per heavy atom. The summed E-state index contributed by atoms with van der Waals surface area (Å²) in [5.74, 6) is -0.257. The Bertz CT molecular complexity index is 932. The molecule has 10 heteroatoms. The third-order valence-electron chi connectivity index (χ3n) is 4.27. The van der Waals surface area contributed by atoms with Crippen LogP contribution in [0.1, 0.15) is 24.8 Å². The first-order valence-electron chi connectivity index (χ1n) is 8.28. The third kappa shape index (κ3) is 4.94. The molecule has 1 aromatic carbocycles. The number of thiophene rings is 1. The summed E-state index contributed by atoms with van der Waals surface area (Å²) in [5.41, 5.74) is 0.803. The topological polar surface area (TPSA) is 66.5 Å². The van der Waals surface area contributed by atoms with Crippen LogP contribution in [0, 0.1) is 0 Å². The molecular formula is C17H17Br2ClN2O3S2. The van der Waals surface area contributed by atoms with Crippen LogP contribution in [0.2, 0.25) is 4.34 Å². The van der Waals surface area contributed by atoms with Crippen molar-refractivity contribution < 1.29 is 13.2 Å². The van der Waals surface area contributed by atoms with E-state index < -0.39 is 16.1 Å². The standard InChI is InChI=1S/C17H17Br2ClN2O3S2/c18-12-6-4-11(5-7-12)10-22(14-3-1-2-8-21-16(14)23)27(24,25)17-13(19)9-15(20)26-17/h4-7,9,14H,1-3,8,10H2,(H,21,23). The molecular weight excluding hydrogens is 540 g/mol. The van der Waals surface area contributed by atoms with E-state index in [4.69, 9.17) is 11.6 Å². The molecule has 0 bridgehead atoms. The van der Waals surface area contributed by atoms with Crippen LogP contribution in [-0.2, 0) is 21.4 Å². The molecule has 2 aromatic rings. The summed E-state index contributed by atoms with van der Waals surface area (Å²) in [4.78, 5) is 12.6. The second-order valence-corrected chi connectivity index (χ2v) is 11.7. The van der Waals surface area contributed by atoms with E-state index in [0.29, 0.717) is 21.8 Å². The predicted octanol–water partition coefficient (Wildman–Crippen LogP) is 4.79. The minimum absolute atomic E-state index is 0.107. The molecule has 1 unspecified atom stereocenters. The van der Waals surface area contributed by atoms with Crippen LogP contribution in [-0.4, -0.2) is 31.2 Å². The molecule has 1 N–H and O–H groups in total. The third-order valence-corrected chi connectivity index (χ3v) is 9.58. The Morgan fingerprint density at radius 3 is 2.56 bits per heavy atom. The summed E-state index contributed by atoms with van der Waals surface area (Å²) in [5, 5.41) is 2.83. The number of carbonyl (C=O) groups is 1. The Balaban J connectivity index is 2.04. The zero-order chi connectivity index (χ0) is 19.6. The highest BCUT2D eigenvalue weighted by Crippen LogP contribution is 2.38. The van der Waals surface area contributed by atoms with Crippen molar-refractivity contribution >= 4 is 70.7 Å². The molecule has 1 atom stereocenters. The van der Waals surface area contributed by atoms with Gasteiger partial charge in [-0.15, -0.1) is 11.3 Å². The monoisotopic (exact) mass is 554 g/mol. The highest BCUT2D eigenvalue weighted by Gasteiger charge is 2.38. The molecule has 27 heavy (non-hydrogen) atoms. The molecule has 1 aromatic heterocycles. The maximum absolute atomic E-state index is 13.5. The van der Waals surface area contributed by atoms with Gasteiger partial charge in [0.15, 0.2) is 4.21 Å². The van der Waals surface area contributed by atoms with Gasteiger partial charge in [0.25, 0.3) is 10.0 Å². The van der Waals surface area contributed by atoms with Crippen molar-refractivity contribution in [3.63, 3.8) is 0 Å². The normalized spacial score (nSPS) is 18.4. The maximum Gasteiger partial charge on any atom is 0.254 e. The molecule has 146 valence electrons. The number of hydrogen-bond acceptors (Lipinski definition) is 4. The first-order chi connectivity index (χ1) is 12.8. The van der Waals surface area contributed by atoms with Crippen molar-refractivity contribution in [1.82, 2.24) is 9.62 Å². The molecule has 1 saturated heterocycles. The van der Waals surface area contributed by atoms with E-state index in [9.17, 15) is 13.2 Å². The lowest BCUT2D eigenvalue weighted by Gasteiger charge is -2.28. The lowest BCUT2D eigenvalue weighted by molar-refractivity contribution is -0.124. The van der Waals surface area contributed by atoms with Crippen molar-refractivity contribution in [3.8, 4) is 0 Å². The van der Waals surface area contributed by atoms with Gasteiger partial charge in [0, 0.05) is 17.6 Å². The smallest absolute Gasteiger partial charge is 0.254 e. The van der Waals surface area contributed by atoms with E-state index in [-0.39, 0.29) is 16.7 Å². The highest BCUT2D eigenvalue weighted by molar-refractivity contribution is 9.10. The first-order valence-corrected chi connectivity index (χ1v) is 12.5. The van der Waals surface area contributed by atoms with Crippen LogP contribution in [0.5, 0.6) is 0 Å². The number of carbonyl (C=O) groups excluding carboxylic acids is 1. The second kappa shape index (κ2) is 8.92. The van der Waals surface area contributed by atoms with Gasteiger partial charge in [-0.3, -0.25) is 4.79 Å². The summed E-state index contributed by atoms with van der Waals surface area (Å²) in [7, 11) is -3.92. The van der Waals surface area contributed by atoms with Crippen molar-refractivity contribution in [2.75, 3.05) is 6.54 Å². The van der Waals surface area contributed by atoms with E-state index in [1.54, 1.807) is 6.07 Å². The van der Waals surface area contributed by atoms with E-state index >= 15 is 0 Å². The number of nitrogens with zero attached hydrogens (tertiary/aromatic N) is 1. The highest BCUT2D eigenvalue weighted by atomic mass is 79.9. The Hall–Kier alpha value is -0.450. The van der Waals surface area contributed by atoms with Gasteiger partial charge in [-0.2, -0.15) is 4.31 Å². The van der Waals surface area contributed by atoms with Gasteiger partial charge in [-0.1, -0.05) is 39.7 Å². The quantitative estimate of drug-likeness (QED) is 0.576. The number of amides is 1. The van der Waals surface area contributed by atoms with Crippen LogP contribution >= 0.6 is 54.8 Å². The zero-order valence-corrected chi connectivity index (χ0v) is 19.7. The number of nitrogens with one attached hydrogen (secondary N) is 1. The van der Waals surface area contributed by atoms with Crippen molar-refractivity contribution in [2.45, 2.75) is 36.1 Å². The summed E-state index contributed by atoms with van der Waals surface area (Å²) >= 11 is 13.7. The number of sulfonamides is 1. The van der Waals surface area contributed by atoms with Gasteiger partial charge in [0.2, 0.25) is 5.91 Å². The fraction of sp³-hybridized carbons (Fsp3) is 0.353. The molecule has 1 amide bonds. The second-order valence-electron chi connectivity index (χ2n) is 6.17. The van der Waals surface area contributed by atoms with Crippen molar-refractivity contribution in [1.29, 1.82) is 0 Å². The lowest BCUT2D eigenvalue weighted by atomic mass is 10.1. The van der Waals surface area contributed by atoms with E-state index in [1.165, 1.54) is 4.31 Å². The fourth-order valence-corrected chi connectivity index (χ4v) is 7.91. The van der Waals surface area contributed by atoms with Crippen molar-refractivity contribution in [3.05, 3.63) is 49.2 Å². The first kappa shape index (κ1) is 21.3. The Labute approximate surface area is 184 Å². The van der Waals surface area contributed by atoms with Gasteiger partial charge in [-0.25, -0.2) is 8.42 Å². The SMILES string of the molecule is O=C1NCCCCC1N(Cc1ccc(Br)cc1)S(=O)(=O)c1sc(Cl)cc1Br. The molecule has 0 spiro atoms. The maximum atomic E-state index is 13.5. The average molecular weight is 557 g/mol. The number of halogens is 3. The number of benzene rings is 1. The van der Waals surface area contributed by atoms with E-state index in [0.717, 1.165) is 34.2 Å². The Kier molecular flexibility index (Phi) is 7.02. The van der Waals surface area contributed by atoms with Crippen LogP contribution in [0.3, 0.4) is 0 Å². The predicted molar refractivity (Wildman–Crippen MR) is 115 cm³/mol. The van der Waals surface area contributed by atoms with Crippen LogP contribution in [0.4, 0.5) is 0 Å². The lowest BCUT2D eigenvalue weighted by Crippen LogP contribution is -2.48. The summed E-state index contributed by atoms with van der Waals surface area (Å²) in [6, 6.07) is 8.20. The van der Waals surface area contributed by atoms with Gasteiger partial charge in [-0.05, 0) is 59.0 Å². The fourth-order valence-electron chi connectivity index (χ4n) is 2.94. The minimum atomic E-state index is -3.92. The van der Waals surface area contributed by atoms with Gasteiger partial charge >= 0.3 is 0 Å². The van der Waals surface area contributed by atoms with E-state index in [1.807, 2.05) is 24.3 Å². The molecule has 3 rings (SSSR count). The van der Waals surface area contributed by atoms with Crippen LogP contribution in [0.15, 0.2) is 43.5 Å². The van der Waals surface area contributed by atoms with Gasteiger partial charge < -0.3 is 5.32 Å². The largest absolute Gasteiger partial charge is 0.355 e. The Morgan fingerprint density at radius 1 is 1.22 bits per heavy atom. The van der Waals surface area contributed by atoms with E-state index in [2.05, 4.69) is 37.2 Å². The molecule has 2 heterocycles. The minimum Gasteiger partial charge on any atom is -0.355 e. The molecule has 0 aliphatic carbocycles. The number of hydrogen-bond donors (Lipinski definition) is 1. The summed E-state index contributed by atoms with van der Waals surface area (Å²) in [6.07, 6.45) is 2.10. The van der Waals surface area contributed by atoms with Gasteiger partial charge in [0.1, 0.15) is 6.04 Å².